The fourth-order valence-electron chi connectivity index (χ4n) is 1.74. The number of azo groups is 1. The maximum Gasteiger partial charge on any atom is 0.269 e. The summed E-state index contributed by atoms with van der Waals surface area (Å²) in [6, 6.07) is 11.5. The molecule has 0 aliphatic carbocycles. The van der Waals surface area contributed by atoms with Crippen LogP contribution < -0.4 is 0 Å². The quantitative estimate of drug-likeness (QED) is 0.464. The number of non-ortho nitro benzene ring substituents is 2. The Hall–Kier alpha value is -3.16. The first-order valence-electron chi connectivity index (χ1n) is 6.37. The van der Waals surface area contributed by atoms with E-state index >= 15 is 0 Å². The van der Waals surface area contributed by atoms with Crippen LogP contribution in [0.25, 0.3) is 0 Å². The lowest BCUT2D eigenvalue weighted by Gasteiger charge is -2.04. The van der Waals surface area contributed by atoms with Gasteiger partial charge in [-0.25, -0.2) is 0 Å². The highest BCUT2D eigenvalue weighted by molar-refractivity contribution is 5.43. The molecule has 0 aliphatic heterocycles. The lowest BCUT2D eigenvalue weighted by atomic mass is 10.1. The van der Waals surface area contributed by atoms with E-state index in [1.54, 1.807) is 19.1 Å². The molecule has 8 heteroatoms. The zero-order valence-corrected chi connectivity index (χ0v) is 11.6. The minimum Gasteiger partial charge on any atom is -0.258 e. The zero-order valence-electron chi connectivity index (χ0n) is 11.6. The van der Waals surface area contributed by atoms with E-state index in [0.717, 1.165) is 5.56 Å². The Balaban J connectivity index is 2.08. The first-order valence-corrected chi connectivity index (χ1v) is 6.37. The summed E-state index contributed by atoms with van der Waals surface area (Å²) in [7, 11) is 0. The fourth-order valence-corrected chi connectivity index (χ4v) is 1.74. The molecular weight excluding hydrogens is 288 g/mol. The van der Waals surface area contributed by atoms with Gasteiger partial charge in [0.1, 0.15) is 0 Å². The molecule has 1 atom stereocenters. The van der Waals surface area contributed by atoms with Gasteiger partial charge < -0.3 is 0 Å². The van der Waals surface area contributed by atoms with Gasteiger partial charge in [-0.1, -0.05) is 0 Å². The summed E-state index contributed by atoms with van der Waals surface area (Å²) < 4.78 is 0. The normalized spacial score (nSPS) is 12.2. The molecular formula is C14H12N4O4. The van der Waals surface area contributed by atoms with Crippen LogP contribution in [0.15, 0.2) is 58.8 Å². The van der Waals surface area contributed by atoms with Crippen molar-refractivity contribution in [1.29, 1.82) is 0 Å². The lowest BCUT2D eigenvalue weighted by Crippen LogP contribution is -1.91. The van der Waals surface area contributed by atoms with Crippen molar-refractivity contribution in [1.82, 2.24) is 0 Å². The van der Waals surface area contributed by atoms with E-state index in [4.69, 9.17) is 0 Å². The summed E-state index contributed by atoms with van der Waals surface area (Å²) >= 11 is 0. The number of nitro groups is 2. The summed E-state index contributed by atoms with van der Waals surface area (Å²) in [5.74, 6) is 0. The van der Waals surface area contributed by atoms with Crippen molar-refractivity contribution in [2.45, 2.75) is 13.0 Å². The molecule has 0 aliphatic rings. The minimum absolute atomic E-state index is 0.0117. The van der Waals surface area contributed by atoms with Gasteiger partial charge in [0, 0.05) is 24.3 Å². The zero-order chi connectivity index (χ0) is 16.1. The van der Waals surface area contributed by atoms with Gasteiger partial charge in [0.05, 0.1) is 21.6 Å². The van der Waals surface area contributed by atoms with E-state index in [-0.39, 0.29) is 17.4 Å². The van der Waals surface area contributed by atoms with Gasteiger partial charge in [0.25, 0.3) is 11.4 Å². The van der Waals surface area contributed by atoms with Crippen molar-refractivity contribution in [3.8, 4) is 0 Å². The number of nitro benzene ring substituents is 2. The third kappa shape index (κ3) is 3.69. The molecule has 0 spiro atoms. The number of nitrogens with zero attached hydrogens (tertiary/aromatic N) is 4. The van der Waals surface area contributed by atoms with E-state index in [1.165, 1.54) is 36.4 Å². The summed E-state index contributed by atoms with van der Waals surface area (Å²) in [5.41, 5.74) is 1.29. The van der Waals surface area contributed by atoms with E-state index in [1.807, 2.05) is 0 Å². The van der Waals surface area contributed by atoms with Crippen molar-refractivity contribution in [2.24, 2.45) is 10.2 Å². The molecule has 0 bridgehead atoms. The summed E-state index contributed by atoms with van der Waals surface area (Å²) in [5, 5.41) is 29.2. The van der Waals surface area contributed by atoms with Crippen LogP contribution in [0, 0.1) is 20.2 Å². The second-order valence-electron chi connectivity index (χ2n) is 4.51. The number of hydrogen-bond donors (Lipinski definition) is 0. The van der Waals surface area contributed by atoms with Crippen molar-refractivity contribution >= 4 is 17.1 Å². The van der Waals surface area contributed by atoms with Crippen LogP contribution in [0.5, 0.6) is 0 Å². The van der Waals surface area contributed by atoms with Gasteiger partial charge in [0.2, 0.25) is 0 Å². The molecule has 0 saturated carbocycles. The second-order valence-corrected chi connectivity index (χ2v) is 4.51. The van der Waals surface area contributed by atoms with Gasteiger partial charge >= 0.3 is 0 Å². The first-order chi connectivity index (χ1) is 10.5. The van der Waals surface area contributed by atoms with Crippen LogP contribution in [-0.4, -0.2) is 9.85 Å². The Bertz CT molecular complexity index is 711. The molecule has 22 heavy (non-hydrogen) atoms. The third-order valence-corrected chi connectivity index (χ3v) is 2.99. The highest BCUT2D eigenvalue weighted by Gasteiger charge is 2.08. The first kappa shape index (κ1) is 15.2. The fraction of sp³-hybridized carbons (Fsp3) is 0.143. The van der Waals surface area contributed by atoms with Crippen LogP contribution in [0.3, 0.4) is 0 Å². The van der Waals surface area contributed by atoms with Crippen molar-refractivity contribution in [3.63, 3.8) is 0 Å². The molecule has 0 aromatic heterocycles. The molecule has 0 fully saturated rings. The highest BCUT2D eigenvalue weighted by atomic mass is 16.6. The van der Waals surface area contributed by atoms with E-state index in [2.05, 4.69) is 10.2 Å². The van der Waals surface area contributed by atoms with Crippen molar-refractivity contribution < 1.29 is 9.85 Å². The van der Waals surface area contributed by atoms with E-state index < -0.39 is 9.85 Å². The Kier molecular flexibility index (Phi) is 4.52. The number of benzene rings is 2. The molecule has 0 amide bonds. The van der Waals surface area contributed by atoms with Gasteiger partial charge in [-0.2, -0.15) is 10.2 Å². The molecule has 2 rings (SSSR count). The Morgan fingerprint density at radius 1 is 0.864 bits per heavy atom. The predicted molar refractivity (Wildman–Crippen MR) is 79.1 cm³/mol. The largest absolute Gasteiger partial charge is 0.269 e. The Labute approximate surface area is 125 Å². The topological polar surface area (TPSA) is 111 Å². The second kappa shape index (κ2) is 6.53. The maximum absolute atomic E-state index is 10.6. The summed E-state index contributed by atoms with van der Waals surface area (Å²) in [6.07, 6.45) is 0. The maximum atomic E-state index is 10.6. The average Bonchev–Trinajstić information content (AvgIpc) is 2.53. The molecule has 2 aromatic carbocycles. The predicted octanol–water partition coefficient (Wildman–Crippen LogP) is 4.35. The van der Waals surface area contributed by atoms with E-state index in [9.17, 15) is 20.2 Å². The summed E-state index contributed by atoms with van der Waals surface area (Å²) in [4.78, 5) is 20.2. The Morgan fingerprint density at radius 2 is 1.32 bits per heavy atom. The van der Waals surface area contributed by atoms with Gasteiger partial charge in [-0.15, -0.1) is 0 Å². The Morgan fingerprint density at radius 3 is 1.77 bits per heavy atom. The van der Waals surface area contributed by atoms with Crippen LogP contribution in [-0.2, 0) is 0 Å². The van der Waals surface area contributed by atoms with E-state index in [0.29, 0.717) is 5.69 Å². The molecule has 0 heterocycles. The SMILES string of the molecule is CC(N=Nc1ccc([N+](=O)[O-])cc1)c1ccc([N+](=O)[O-])cc1. The van der Waals surface area contributed by atoms with Crippen molar-refractivity contribution in [2.75, 3.05) is 0 Å². The molecule has 112 valence electrons. The smallest absolute Gasteiger partial charge is 0.258 e. The highest BCUT2D eigenvalue weighted by Crippen LogP contribution is 2.23. The molecule has 8 nitrogen and oxygen atoms in total. The molecule has 0 N–H and O–H groups in total. The number of hydrogen-bond acceptors (Lipinski definition) is 6. The van der Waals surface area contributed by atoms with Crippen molar-refractivity contribution in [3.05, 3.63) is 74.3 Å². The average molecular weight is 300 g/mol. The van der Waals surface area contributed by atoms with Crippen LogP contribution in [0.2, 0.25) is 0 Å². The van der Waals surface area contributed by atoms with Gasteiger partial charge in [-0.05, 0) is 36.8 Å². The lowest BCUT2D eigenvalue weighted by molar-refractivity contribution is -0.385. The third-order valence-electron chi connectivity index (χ3n) is 2.99. The minimum atomic E-state index is -0.486. The molecule has 0 radical (unpaired) electrons. The molecule has 1 unspecified atom stereocenters. The van der Waals surface area contributed by atoms with Crippen LogP contribution in [0.4, 0.5) is 17.1 Å². The number of rotatable bonds is 5. The molecule has 0 saturated heterocycles. The summed E-state index contributed by atoms with van der Waals surface area (Å²) in [6.45, 7) is 1.80. The monoisotopic (exact) mass is 300 g/mol. The van der Waals surface area contributed by atoms with Crippen LogP contribution >= 0.6 is 0 Å². The van der Waals surface area contributed by atoms with Gasteiger partial charge in [0.15, 0.2) is 0 Å². The standard InChI is InChI=1S/C14H12N4O4/c1-10(11-2-6-13(7-3-11)17(19)20)15-16-12-4-8-14(9-5-12)18(21)22/h2-10H,1H3. The molecule has 2 aromatic rings. The van der Waals surface area contributed by atoms with Gasteiger partial charge in [-0.3, -0.25) is 20.2 Å². The van der Waals surface area contributed by atoms with Crippen LogP contribution in [0.1, 0.15) is 18.5 Å².